The van der Waals surface area contributed by atoms with Crippen LogP contribution >= 0.6 is 0 Å². The summed E-state index contributed by atoms with van der Waals surface area (Å²) in [6.07, 6.45) is -1.50. The van der Waals surface area contributed by atoms with Crippen LogP contribution in [-0.2, 0) is 36.8 Å². The van der Waals surface area contributed by atoms with Crippen molar-refractivity contribution in [1.29, 1.82) is 0 Å². The molecular weight excluding hydrogens is 797 g/mol. The molecule has 16 nitrogen and oxygen atoms in total. The summed E-state index contributed by atoms with van der Waals surface area (Å²) in [6, 6.07) is 25.0. The molecule has 4 atom stereocenters. The number of pyridine rings is 1. The summed E-state index contributed by atoms with van der Waals surface area (Å²) in [5, 5.41) is 18.5. The van der Waals surface area contributed by atoms with E-state index < -0.39 is 63.9 Å². The SMILES string of the molecule is COC(=O)N[C@@H](C(=O)NN(Cc1ccc(-c2ccccn2)cc1)C[C@H](OC(=O)Oc1ccc([N+](=O)[O-])cc1)C(Cc1ccccc1)NC(=O)[C@H](CC(C)=O)C(C)(C)C)C(C)(C)C. The van der Waals surface area contributed by atoms with Crippen LogP contribution in [-0.4, -0.2) is 76.6 Å². The number of hydrogen-bond donors (Lipinski definition) is 3. The molecule has 3 amide bonds. The lowest BCUT2D eigenvalue weighted by atomic mass is 9.77. The molecule has 3 N–H and O–H groups in total. The van der Waals surface area contributed by atoms with Gasteiger partial charge in [0.15, 0.2) is 0 Å². The van der Waals surface area contributed by atoms with Crippen molar-refractivity contribution >= 4 is 35.5 Å². The number of alkyl carbamates (subject to hydrolysis) is 1. The summed E-state index contributed by atoms with van der Waals surface area (Å²) < 4.78 is 16.4. The largest absolute Gasteiger partial charge is 0.514 e. The molecule has 4 aromatic rings. The van der Waals surface area contributed by atoms with Crippen LogP contribution in [0.3, 0.4) is 0 Å². The second-order valence-corrected chi connectivity index (χ2v) is 17.1. The first kappa shape index (κ1) is 48.0. The monoisotopic (exact) mass is 852 g/mol. The minimum absolute atomic E-state index is 0.0425. The molecule has 0 fully saturated rings. The van der Waals surface area contributed by atoms with Gasteiger partial charge in [-0.25, -0.2) is 14.6 Å². The minimum Gasteiger partial charge on any atom is -0.453 e. The van der Waals surface area contributed by atoms with Gasteiger partial charge in [0.2, 0.25) is 5.91 Å². The Kier molecular flexibility index (Phi) is 16.8. The smallest absolute Gasteiger partial charge is 0.453 e. The average Bonchev–Trinajstić information content (AvgIpc) is 3.21. The van der Waals surface area contributed by atoms with E-state index in [2.05, 4.69) is 21.0 Å². The van der Waals surface area contributed by atoms with Crippen molar-refractivity contribution in [2.75, 3.05) is 13.7 Å². The van der Waals surface area contributed by atoms with Gasteiger partial charge in [-0.2, -0.15) is 0 Å². The van der Waals surface area contributed by atoms with Crippen LogP contribution in [0.4, 0.5) is 15.3 Å². The number of ketones is 1. The van der Waals surface area contributed by atoms with E-state index in [1.807, 2.05) is 93.6 Å². The number of carbonyl (C=O) groups excluding carboxylic acids is 5. The number of nitro groups is 1. The molecule has 1 unspecified atom stereocenters. The van der Waals surface area contributed by atoms with Gasteiger partial charge in [0.25, 0.3) is 11.6 Å². The number of nitrogens with one attached hydrogen (secondary N) is 3. The number of Topliss-reactive ketones (excluding diaryl/α,β-unsaturated/α-hetero) is 1. The predicted molar refractivity (Wildman–Crippen MR) is 231 cm³/mol. The van der Waals surface area contributed by atoms with Crippen molar-refractivity contribution in [2.45, 2.75) is 86.0 Å². The summed E-state index contributed by atoms with van der Waals surface area (Å²) >= 11 is 0. The Labute approximate surface area is 361 Å². The Bertz CT molecular complexity index is 2140. The highest BCUT2D eigenvalue weighted by atomic mass is 16.7. The first-order valence-corrected chi connectivity index (χ1v) is 20.1. The van der Waals surface area contributed by atoms with Gasteiger partial charge in [-0.05, 0) is 59.6 Å². The Balaban J connectivity index is 1.81. The van der Waals surface area contributed by atoms with E-state index in [4.69, 9.17) is 14.2 Å². The Morgan fingerprint density at radius 1 is 0.790 bits per heavy atom. The third kappa shape index (κ3) is 14.8. The summed E-state index contributed by atoms with van der Waals surface area (Å²) in [4.78, 5) is 82.3. The number of methoxy groups -OCH3 is 1. The van der Waals surface area contributed by atoms with Crippen molar-refractivity contribution in [3.63, 3.8) is 0 Å². The number of non-ortho nitro benzene ring substituents is 1. The van der Waals surface area contributed by atoms with Crippen LogP contribution in [0.5, 0.6) is 5.75 Å². The van der Waals surface area contributed by atoms with Gasteiger partial charge in [0.05, 0.1) is 30.3 Å². The van der Waals surface area contributed by atoms with Crippen LogP contribution in [0.15, 0.2) is 103 Å². The molecule has 0 bridgehead atoms. The van der Waals surface area contributed by atoms with E-state index >= 15 is 0 Å². The van der Waals surface area contributed by atoms with Gasteiger partial charge < -0.3 is 29.6 Å². The first-order chi connectivity index (χ1) is 29.2. The molecule has 16 heteroatoms. The number of hydrogen-bond acceptors (Lipinski definition) is 12. The van der Waals surface area contributed by atoms with Crippen molar-refractivity contribution in [2.24, 2.45) is 16.7 Å². The number of aromatic nitrogens is 1. The molecule has 0 spiro atoms. The molecule has 0 saturated heterocycles. The summed E-state index contributed by atoms with van der Waals surface area (Å²) in [6.45, 7) is 12.1. The van der Waals surface area contributed by atoms with Crippen LogP contribution in [0.25, 0.3) is 11.3 Å². The molecular formula is C46H56N6O10. The quantitative estimate of drug-likeness (QED) is 0.0393. The Morgan fingerprint density at radius 2 is 1.44 bits per heavy atom. The van der Waals surface area contributed by atoms with E-state index in [1.54, 1.807) is 27.0 Å². The molecule has 0 aliphatic heterocycles. The second kappa shape index (κ2) is 21.7. The molecule has 0 radical (unpaired) electrons. The van der Waals surface area contributed by atoms with Crippen LogP contribution < -0.4 is 20.8 Å². The van der Waals surface area contributed by atoms with Crippen molar-refractivity contribution in [1.82, 2.24) is 26.1 Å². The maximum atomic E-state index is 14.3. The molecule has 1 aromatic heterocycles. The number of carbonyl (C=O) groups is 5. The standard InChI is InChI=1S/C46H56N6O10/c1-30(53)26-36(45(2,3)4)41(54)48-38(27-31-14-10-9-11-15-31)39(62-44(57)61-35-23-21-34(22-24-35)52(58)59)29-51(50-42(55)40(46(5,6)7)49-43(56)60-8)28-32-17-19-33(20-18-32)37-16-12-13-25-47-37/h9-25,36,38-40H,26-29H2,1-8H3,(H,48,54)(H,49,56)(H,50,55)/t36-,38?,39-,40-/m0/s1. The van der Waals surface area contributed by atoms with E-state index in [0.29, 0.717) is 0 Å². The zero-order chi connectivity index (χ0) is 45.6. The van der Waals surface area contributed by atoms with E-state index in [-0.39, 0.29) is 43.2 Å². The van der Waals surface area contributed by atoms with Crippen molar-refractivity contribution < 1.29 is 43.1 Å². The number of nitro benzene ring substituents is 1. The fraction of sp³-hybridized carbons (Fsp3) is 0.391. The molecule has 3 aromatic carbocycles. The molecule has 4 rings (SSSR count). The zero-order valence-electron chi connectivity index (χ0n) is 36.4. The van der Waals surface area contributed by atoms with Crippen molar-refractivity contribution in [3.05, 3.63) is 124 Å². The highest BCUT2D eigenvalue weighted by Gasteiger charge is 2.38. The predicted octanol–water partition coefficient (Wildman–Crippen LogP) is 7.21. The van der Waals surface area contributed by atoms with Gasteiger partial charge in [-0.1, -0.05) is 102 Å². The summed E-state index contributed by atoms with van der Waals surface area (Å²) in [7, 11) is 1.19. The Hall–Kier alpha value is -6.68. The number of amides is 3. The third-order valence-corrected chi connectivity index (χ3v) is 9.96. The van der Waals surface area contributed by atoms with Gasteiger partial charge >= 0.3 is 12.2 Å². The zero-order valence-corrected chi connectivity index (χ0v) is 36.4. The van der Waals surface area contributed by atoms with Crippen LogP contribution in [0.1, 0.15) is 66.0 Å². The van der Waals surface area contributed by atoms with Gasteiger partial charge in [0, 0.05) is 42.8 Å². The topological polar surface area (TPSA) is 208 Å². The summed E-state index contributed by atoms with van der Waals surface area (Å²) in [5.41, 5.74) is 4.35. The third-order valence-electron chi connectivity index (χ3n) is 9.96. The van der Waals surface area contributed by atoms with Gasteiger partial charge in [-0.15, -0.1) is 0 Å². The van der Waals surface area contributed by atoms with Crippen LogP contribution in [0, 0.1) is 26.9 Å². The molecule has 330 valence electrons. The minimum atomic E-state index is -1.27. The number of ether oxygens (including phenoxy) is 3. The number of rotatable bonds is 18. The number of benzene rings is 3. The van der Waals surface area contributed by atoms with E-state index in [1.165, 1.54) is 43.3 Å². The Morgan fingerprint density at radius 3 is 1.98 bits per heavy atom. The average molecular weight is 853 g/mol. The second-order valence-electron chi connectivity index (χ2n) is 17.1. The van der Waals surface area contributed by atoms with Gasteiger partial charge in [0.1, 0.15) is 23.7 Å². The molecule has 0 aliphatic rings. The van der Waals surface area contributed by atoms with Crippen LogP contribution in [0.2, 0.25) is 0 Å². The maximum absolute atomic E-state index is 14.3. The van der Waals surface area contributed by atoms with Gasteiger partial charge in [-0.3, -0.25) is 30.1 Å². The molecule has 62 heavy (non-hydrogen) atoms. The highest BCUT2D eigenvalue weighted by Crippen LogP contribution is 2.30. The lowest BCUT2D eigenvalue weighted by Gasteiger charge is -2.36. The lowest BCUT2D eigenvalue weighted by Crippen LogP contribution is -2.60. The number of hydrazine groups is 1. The maximum Gasteiger partial charge on any atom is 0.514 e. The normalized spacial score (nSPS) is 13.4. The fourth-order valence-electron chi connectivity index (χ4n) is 6.61. The fourth-order valence-corrected chi connectivity index (χ4v) is 6.61. The molecule has 1 heterocycles. The molecule has 0 saturated carbocycles. The molecule has 0 aliphatic carbocycles. The van der Waals surface area contributed by atoms with E-state index in [0.717, 1.165) is 22.4 Å². The van der Waals surface area contributed by atoms with E-state index in [9.17, 15) is 34.1 Å². The first-order valence-electron chi connectivity index (χ1n) is 20.1. The lowest BCUT2D eigenvalue weighted by molar-refractivity contribution is -0.384. The number of nitrogens with zero attached hydrogens (tertiary/aromatic N) is 3. The highest BCUT2D eigenvalue weighted by molar-refractivity contribution is 5.87. The summed E-state index contributed by atoms with van der Waals surface area (Å²) in [5.74, 6) is -2.07. The van der Waals surface area contributed by atoms with Crippen molar-refractivity contribution in [3.8, 4) is 17.0 Å².